The van der Waals surface area contributed by atoms with Crippen molar-refractivity contribution in [1.29, 1.82) is 0 Å². The lowest BCUT2D eigenvalue weighted by Gasteiger charge is -2.22. The van der Waals surface area contributed by atoms with E-state index < -0.39 is 0 Å². The third-order valence-corrected chi connectivity index (χ3v) is 4.79. The summed E-state index contributed by atoms with van der Waals surface area (Å²) >= 11 is 11.9. The summed E-state index contributed by atoms with van der Waals surface area (Å²) in [6, 6.07) is 26.6. The van der Waals surface area contributed by atoms with Crippen LogP contribution in [-0.2, 0) is 6.42 Å². The molecule has 0 amide bonds. The second kappa shape index (κ2) is 8.84. The van der Waals surface area contributed by atoms with E-state index in [0.717, 1.165) is 17.7 Å². The van der Waals surface area contributed by atoms with Gasteiger partial charge >= 0.3 is 0 Å². The molecule has 4 heteroatoms. The highest BCUT2D eigenvalue weighted by molar-refractivity contribution is 7.80. The molecule has 3 rings (SSSR count). The molecular formula is C22H21ClN2S. The largest absolute Gasteiger partial charge is 0.355 e. The number of halogens is 1. The summed E-state index contributed by atoms with van der Waals surface area (Å²) in [5.74, 6) is 0. The number of anilines is 1. The van der Waals surface area contributed by atoms with E-state index in [1.54, 1.807) is 0 Å². The average Bonchev–Trinajstić information content (AvgIpc) is 2.66. The monoisotopic (exact) mass is 380 g/mol. The van der Waals surface area contributed by atoms with Crippen LogP contribution < -0.4 is 10.6 Å². The van der Waals surface area contributed by atoms with Gasteiger partial charge in [0, 0.05) is 0 Å². The number of para-hydroxylation sites is 1. The van der Waals surface area contributed by atoms with Crippen LogP contribution >= 0.6 is 23.8 Å². The smallest absolute Gasteiger partial charge is 0.171 e. The highest BCUT2D eigenvalue weighted by Crippen LogP contribution is 2.25. The van der Waals surface area contributed by atoms with E-state index in [2.05, 4.69) is 47.0 Å². The summed E-state index contributed by atoms with van der Waals surface area (Å²) in [4.78, 5) is 0. The van der Waals surface area contributed by atoms with Crippen LogP contribution in [0.4, 0.5) is 5.69 Å². The third-order valence-electron chi connectivity index (χ3n) is 4.25. The summed E-state index contributed by atoms with van der Waals surface area (Å²) in [6.07, 6.45) is 0.841. The molecule has 1 unspecified atom stereocenters. The first-order valence-electron chi connectivity index (χ1n) is 8.55. The summed E-state index contributed by atoms with van der Waals surface area (Å²) in [6.45, 7) is 2.01. The summed E-state index contributed by atoms with van der Waals surface area (Å²) < 4.78 is 0. The van der Waals surface area contributed by atoms with Gasteiger partial charge in [-0.25, -0.2) is 0 Å². The number of aryl methyl sites for hydroxylation is 1. The van der Waals surface area contributed by atoms with Gasteiger partial charge in [-0.1, -0.05) is 84.4 Å². The lowest BCUT2D eigenvalue weighted by molar-refractivity contribution is 0.648. The highest BCUT2D eigenvalue weighted by atomic mass is 35.5. The van der Waals surface area contributed by atoms with Gasteiger partial charge in [0.2, 0.25) is 0 Å². The molecule has 0 heterocycles. The van der Waals surface area contributed by atoms with Crippen molar-refractivity contribution in [1.82, 2.24) is 5.32 Å². The Bertz CT molecular complexity index is 846. The minimum absolute atomic E-state index is 0.0707. The molecule has 1 atom stereocenters. The summed E-state index contributed by atoms with van der Waals surface area (Å²) in [5.41, 5.74) is 4.35. The maximum Gasteiger partial charge on any atom is 0.171 e. The number of hydrogen-bond donors (Lipinski definition) is 2. The number of hydrogen-bond acceptors (Lipinski definition) is 1. The Balaban J connectivity index is 1.78. The van der Waals surface area contributed by atoms with Gasteiger partial charge in [0.1, 0.15) is 0 Å². The molecule has 0 saturated carbocycles. The quantitative estimate of drug-likeness (QED) is 0.537. The van der Waals surface area contributed by atoms with Crippen molar-refractivity contribution in [2.75, 3.05) is 5.32 Å². The van der Waals surface area contributed by atoms with Gasteiger partial charge in [-0.05, 0) is 48.3 Å². The second-order valence-electron chi connectivity index (χ2n) is 6.18. The van der Waals surface area contributed by atoms with Gasteiger partial charge in [-0.3, -0.25) is 0 Å². The molecule has 3 aromatic rings. The summed E-state index contributed by atoms with van der Waals surface area (Å²) in [7, 11) is 0. The van der Waals surface area contributed by atoms with E-state index in [1.165, 1.54) is 11.1 Å². The first-order valence-corrected chi connectivity index (χ1v) is 9.33. The SMILES string of the molecule is Cc1cccc(Cl)c1NC(=S)NC(Cc1ccccc1)c1ccccc1. The van der Waals surface area contributed by atoms with Crippen molar-refractivity contribution in [3.8, 4) is 0 Å². The van der Waals surface area contributed by atoms with E-state index in [9.17, 15) is 0 Å². The molecule has 0 aliphatic carbocycles. The topological polar surface area (TPSA) is 24.1 Å². The van der Waals surface area contributed by atoms with Crippen LogP contribution in [0, 0.1) is 6.92 Å². The van der Waals surface area contributed by atoms with E-state index in [1.807, 2.05) is 49.4 Å². The van der Waals surface area contributed by atoms with Crippen LogP contribution in [0.5, 0.6) is 0 Å². The predicted octanol–water partition coefficient (Wildman–Crippen LogP) is 5.92. The zero-order chi connectivity index (χ0) is 18.4. The van der Waals surface area contributed by atoms with Gasteiger partial charge in [0.15, 0.2) is 5.11 Å². The normalized spacial score (nSPS) is 11.6. The zero-order valence-electron chi connectivity index (χ0n) is 14.6. The van der Waals surface area contributed by atoms with Crippen LogP contribution in [0.15, 0.2) is 78.9 Å². The van der Waals surface area contributed by atoms with Crippen LogP contribution in [0.2, 0.25) is 5.02 Å². The van der Waals surface area contributed by atoms with Crippen molar-refractivity contribution >= 4 is 34.6 Å². The third kappa shape index (κ3) is 4.84. The zero-order valence-corrected chi connectivity index (χ0v) is 16.1. The van der Waals surface area contributed by atoms with Gasteiger partial charge < -0.3 is 10.6 Å². The minimum atomic E-state index is 0.0707. The number of benzene rings is 3. The molecule has 2 nitrogen and oxygen atoms in total. The van der Waals surface area contributed by atoms with Gasteiger partial charge in [0.25, 0.3) is 0 Å². The predicted molar refractivity (Wildman–Crippen MR) is 115 cm³/mol. The maximum atomic E-state index is 6.31. The van der Waals surface area contributed by atoms with Crippen molar-refractivity contribution in [2.45, 2.75) is 19.4 Å². The molecule has 0 radical (unpaired) electrons. The number of rotatable bonds is 5. The Morgan fingerprint density at radius 3 is 2.23 bits per heavy atom. The summed E-state index contributed by atoms with van der Waals surface area (Å²) in [5, 5.41) is 7.92. The van der Waals surface area contributed by atoms with Crippen LogP contribution in [0.3, 0.4) is 0 Å². The fraction of sp³-hybridized carbons (Fsp3) is 0.136. The Morgan fingerprint density at radius 2 is 1.58 bits per heavy atom. The van der Waals surface area contributed by atoms with Crippen LogP contribution in [0.25, 0.3) is 0 Å². The second-order valence-corrected chi connectivity index (χ2v) is 7.00. The Labute approximate surface area is 165 Å². The average molecular weight is 381 g/mol. The van der Waals surface area contributed by atoms with E-state index >= 15 is 0 Å². The standard InChI is InChI=1S/C22H21ClN2S/c1-16-9-8-14-19(23)21(16)25-22(26)24-20(18-12-6-3-7-13-18)15-17-10-4-2-5-11-17/h2-14,20H,15H2,1H3,(H2,24,25,26). The van der Waals surface area contributed by atoms with Crippen molar-refractivity contribution < 1.29 is 0 Å². The maximum absolute atomic E-state index is 6.31. The fourth-order valence-electron chi connectivity index (χ4n) is 2.89. The van der Waals surface area contributed by atoms with Crippen molar-refractivity contribution in [3.05, 3.63) is 101 Å². The fourth-order valence-corrected chi connectivity index (χ4v) is 3.40. The molecule has 132 valence electrons. The van der Waals surface area contributed by atoms with Crippen molar-refractivity contribution in [2.24, 2.45) is 0 Å². The molecule has 3 aromatic carbocycles. The molecule has 0 aromatic heterocycles. The highest BCUT2D eigenvalue weighted by Gasteiger charge is 2.14. The Morgan fingerprint density at radius 1 is 0.923 bits per heavy atom. The molecule has 0 fully saturated rings. The molecule has 0 spiro atoms. The molecule has 0 saturated heterocycles. The van der Waals surface area contributed by atoms with Gasteiger partial charge in [0.05, 0.1) is 16.8 Å². The molecule has 26 heavy (non-hydrogen) atoms. The van der Waals surface area contributed by atoms with Crippen molar-refractivity contribution in [3.63, 3.8) is 0 Å². The first kappa shape index (κ1) is 18.4. The lowest BCUT2D eigenvalue weighted by Crippen LogP contribution is -2.33. The number of thiocarbonyl (C=S) groups is 1. The molecule has 0 aliphatic rings. The lowest BCUT2D eigenvalue weighted by atomic mass is 9.99. The molecule has 0 bridgehead atoms. The van der Waals surface area contributed by atoms with Gasteiger partial charge in [-0.2, -0.15) is 0 Å². The Hall–Kier alpha value is -2.36. The minimum Gasteiger partial charge on any atom is -0.355 e. The molecule has 2 N–H and O–H groups in total. The van der Waals surface area contributed by atoms with E-state index in [0.29, 0.717) is 10.1 Å². The van der Waals surface area contributed by atoms with Crippen LogP contribution in [0.1, 0.15) is 22.7 Å². The Kier molecular flexibility index (Phi) is 6.26. The number of nitrogens with one attached hydrogen (secondary N) is 2. The van der Waals surface area contributed by atoms with Gasteiger partial charge in [-0.15, -0.1) is 0 Å². The van der Waals surface area contributed by atoms with E-state index in [4.69, 9.17) is 23.8 Å². The molecule has 0 aliphatic heterocycles. The van der Waals surface area contributed by atoms with E-state index in [-0.39, 0.29) is 6.04 Å². The molecular weight excluding hydrogens is 360 g/mol. The van der Waals surface area contributed by atoms with Crippen LogP contribution in [-0.4, -0.2) is 5.11 Å². The first-order chi connectivity index (χ1) is 12.6.